The maximum Gasteiger partial charge on any atom is 0.0978 e. The molecule has 0 aromatic rings. The fourth-order valence-corrected chi connectivity index (χ4v) is 5.43. The van der Waals surface area contributed by atoms with Crippen LogP contribution in [0.1, 0.15) is 65.7 Å². The molecule has 2 nitrogen and oxygen atoms in total. The van der Waals surface area contributed by atoms with Crippen molar-refractivity contribution in [3.8, 4) is 0 Å². The minimum Gasteiger partial charge on any atom is -0.393 e. The second kappa shape index (κ2) is 6.49. The first kappa shape index (κ1) is 17.7. The lowest BCUT2D eigenvalue weighted by molar-refractivity contribution is -0.0542. The van der Waals surface area contributed by atoms with E-state index >= 15 is 0 Å². The third-order valence-corrected chi connectivity index (χ3v) is 6.72. The Hall–Kier alpha value is -0.600. The Labute approximate surface area is 136 Å². The van der Waals surface area contributed by atoms with Gasteiger partial charge in [0, 0.05) is 0 Å². The molecule has 0 saturated heterocycles. The first-order valence-electron chi connectivity index (χ1n) is 8.86. The van der Waals surface area contributed by atoms with Crippen molar-refractivity contribution >= 4 is 0 Å². The van der Waals surface area contributed by atoms with Gasteiger partial charge in [-0.05, 0) is 66.8 Å². The average molecular weight is 306 g/mol. The van der Waals surface area contributed by atoms with Crippen molar-refractivity contribution < 1.29 is 10.2 Å². The van der Waals surface area contributed by atoms with Gasteiger partial charge in [0.2, 0.25) is 0 Å². The Bertz CT molecular complexity index is 437. The normalized spacial score (nSPS) is 35.8. The highest BCUT2D eigenvalue weighted by Gasteiger charge is 2.52. The van der Waals surface area contributed by atoms with Gasteiger partial charge in [-0.2, -0.15) is 0 Å². The summed E-state index contributed by atoms with van der Waals surface area (Å²) in [4.78, 5) is 0. The maximum atomic E-state index is 9.73. The first-order chi connectivity index (χ1) is 10.2. The predicted octanol–water partition coefficient (Wildman–Crippen LogP) is 4.47. The number of aliphatic hydroxyl groups excluding tert-OH is 2. The van der Waals surface area contributed by atoms with Crippen LogP contribution in [0.3, 0.4) is 0 Å². The zero-order valence-electron chi connectivity index (χ0n) is 14.7. The van der Waals surface area contributed by atoms with E-state index in [1.165, 1.54) is 31.3 Å². The topological polar surface area (TPSA) is 40.5 Å². The molecule has 0 amide bonds. The second-order valence-electron chi connectivity index (χ2n) is 8.55. The molecule has 2 aliphatic rings. The molecule has 0 aliphatic heterocycles. The molecule has 0 spiro atoms. The average Bonchev–Trinajstić information content (AvgIpc) is 2.44. The Kier molecular flexibility index (Phi) is 5.23. The zero-order valence-corrected chi connectivity index (χ0v) is 14.7. The van der Waals surface area contributed by atoms with Crippen molar-refractivity contribution in [1.29, 1.82) is 0 Å². The monoisotopic (exact) mass is 306 g/mol. The van der Waals surface area contributed by atoms with Crippen LogP contribution in [0.15, 0.2) is 24.3 Å². The lowest BCUT2D eigenvalue weighted by Crippen LogP contribution is -2.49. The minimum atomic E-state index is -0.775. The van der Waals surface area contributed by atoms with Crippen LogP contribution in [0.25, 0.3) is 0 Å². The molecule has 126 valence electrons. The fraction of sp³-hybridized carbons (Fsp3) is 0.800. The van der Waals surface area contributed by atoms with E-state index in [9.17, 15) is 5.11 Å². The molecule has 2 saturated carbocycles. The van der Waals surface area contributed by atoms with Gasteiger partial charge in [-0.15, -0.1) is 0 Å². The summed E-state index contributed by atoms with van der Waals surface area (Å²) in [5.41, 5.74) is 2.91. The van der Waals surface area contributed by atoms with Crippen LogP contribution in [0.2, 0.25) is 0 Å². The van der Waals surface area contributed by atoms with Gasteiger partial charge in [0.05, 0.1) is 12.7 Å². The smallest absolute Gasteiger partial charge is 0.0978 e. The standard InChI is InChI=1S/C20H34O2/c1-14-8-10-18-19(3,4)11-6-12-20(18,5)16(14)9-7-15(2)17(22)13-21/h16-18,21-22H,1-2,6-13H2,3-5H3. The third-order valence-electron chi connectivity index (χ3n) is 6.72. The van der Waals surface area contributed by atoms with Crippen LogP contribution in [-0.4, -0.2) is 22.9 Å². The van der Waals surface area contributed by atoms with Crippen LogP contribution in [0, 0.1) is 22.7 Å². The number of fused-ring (bicyclic) bond motifs is 1. The van der Waals surface area contributed by atoms with Gasteiger partial charge < -0.3 is 10.2 Å². The SMILES string of the molecule is C=C(CCC1C(=C)CCC2C(C)(C)CCCC12C)C(O)CO. The summed E-state index contributed by atoms with van der Waals surface area (Å²) < 4.78 is 0. The van der Waals surface area contributed by atoms with Gasteiger partial charge in [0.25, 0.3) is 0 Å². The van der Waals surface area contributed by atoms with Crippen molar-refractivity contribution in [3.63, 3.8) is 0 Å². The molecule has 0 aromatic heterocycles. The van der Waals surface area contributed by atoms with Gasteiger partial charge >= 0.3 is 0 Å². The van der Waals surface area contributed by atoms with E-state index < -0.39 is 6.10 Å². The van der Waals surface area contributed by atoms with E-state index in [0.29, 0.717) is 16.7 Å². The summed E-state index contributed by atoms with van der Waals surface area (Å²) in [6.45, 7) is 15.5. The van der Waals surface area contributed by atoms with Crippen LogP contribution in [0.4, 0.5) is 0 Å². The van der Waals surface area contributed by atoms with Crippen molar-refractivity contribution in [1.82, 2.24) is 0 Å². The zero-order chi connectivity index (χ0) is 16.5. The van der Waals surface area contributed by atoms with Gasteiger partial charge in [-0.3, -0.25) is 0 Å². The molecule has 0 heterocycles. The van der Waals surface area contributed by atoms with E-state index in [1.54, 1.807) is 0 Å². The Morgan fingerprint density at radius 2 is 2.00 bits per heavy atom. The molecule has 4 unspecified atom stereocenters. The Balaban J connectivity index is 2.14. The minimum absolute atomic E-state index is 0.225. The molecule has 0 bridgehead atoms. The van der Waals surface area contributed by atoms with E-state index in [4.69, 9.17) is 5.11 Å². The van der Waals surface area contributed by atoms with Gasteiger partial charge in [-0.25, -0.2) is 0 Å². The van der Waals surface area contributed by atoms with Crippen LogP contribution in [0.5, 0.6) is 0 Å². The fourth-order valence-electron chi connectivity index (χ4n) is 5.43. The van der Waals surface area contributed by atoms with E-state index in [0.717, 1.165) is 30.8 Å². The summed E-state index contributed by atoms with van der Waals surface area (Å²) >= 11 is 0. The van der Waals surface area contributed by atoms with Crippen LogP contribution < -0.4 is 0 Å². The molecular weight excluding hydrogens is 272 g/mol. The molecule has 2 fully saturated rings. The van der Waals surface area contributed by atoms with Gasteiger partial charge in [0.15, 0.2) is 0 Å². The summed E-state index contributed by atoms with van der Waals surface area (Å²) in [5, 5.41) is 18.8. The molecule has 22 heavy (non-hydrogen) atoms. The number of rotatable bonds is 5. The molecule has 2 aliphatic carbocycles. The van der Waals surface area contributed by atoms with E-state index in [2.05, 4.69) is 33.9 Å². The number of allylic oxidation sites excluding steroid dienone is 1. The summed E-state index contributed by atoms with van der Waals surface area (Å²) in [5.74, 6) is 1.29. The highest BCUT2D eigenvalue weighted by molar-refractivity contribution is 5.17. The first-order valence-corrected chi connectivity index (χ1v) is 8.86. The highest BCUT2D eigenvalue weighted by Crippen LogP contribution is 2.61. The molecule has 2 N–H and O–H groups in total. The summed E-state index contributed by atoms with van der Waals surface area (Å²) in [6, 6.07) is 0. The lowest BCUT2D eigenvalue weighted by Gasteiger charge is -2.58. The molecule has 0 aromatic carbocycles. The predicted molar refractivity (Wildman–Crippen MR) is 92.6 cm³/mol. The molecule has 2 rings (SSSR count). The maximum absolute atomic E-state index is 9.73. The third kappa shape index (κ3) is 3.19. The quantitative estimate of drug-likeness (QED) is 0.735. The Morgan fingerprint density at radius 3 is 2.64 bits per heavy atom. The Morgan fingerprint density at radius 1 is 1.32 bits per heavy atom. The summed E-state index contributed by atoms with van der Waals surface area (Å²) in [6.07, 6.45) is 7.38. The largest absolute Gasteiger partial charge is 0.393 e. The number of hydrogen-bond donors (Lipinski definition) is 2. The van der Waals surface area contributed by atoms with Crippen molar-refractivity contribution in [3.05, 3.63) is 24.3 Å². The lowest BCUT2D eigenvalue weighted by atomic mass is 9.47. The molecule has 2 heteroatoms. The van der Waals surface area contributed by atoms with Gasteiger partial charge in [0.1, 0.15) is 0 Å². The number of aliphatic hydroxyl groups is 2. The second-order valence-corrected chi connectivity index (χ2v) is 8.55. The van der Waals surface area contributed by atoms with Crippen molar-refractivity contribution in [2.45, 2.75) is 71.8 Å². The van der Waals surface area contributed by atoms with E-state index in [-0.39, 0.29) is 6.61 Å². The number of hydrogen-bond acceptors (Lipinski definition) is 2. The van der Waals surface area contributed by atoms with Crippen LogP contribution >= 0.6 is 0 Å². The van der Waals surface area contributed by atoms with E-state index in [1.807, 2.05) is 0 Å². The van der Waals surface area contributed by atoms with Gasteiger partial charge in [-0.1, -0.05) is 45.9 Å². The highest BCUT2D eigenvalue weighted by atomic mass is 16.3. The molecule has 4 atom stereocenters. The van der Waals surface area contributed by atoms with Crippen molar-refractivity contribution in [2.24, 2.45) is 22.7 Å². The van der Waals surface area contributed by atoms with Crippen molar-refractivity contribution in [2.75, 3.05) is 6.61 Å². The summed E-state index contributed by atoms with van der Waals surface area (Å²) in [7, 11) is 0. The molecule has 0 radical (unpaired) electrons. The van der Waals surface area contributed by atoms with Crippen LogP contribution in [-0.2, 0) is 0 Å². The molecular formula is C20H34O2.